The Morgan fingerprint density at radius 1 is 1.24 bits per heavy atom. The van der Waals surface area contributed by atoms with Crippen LogP contribution in [0.5, 0.6) is 0 Å². The minimum Gasteiger partial charge on any atom is -0.367 e. The molecule has 2 N–H and O–H groups in total. The zero-order valence-electron chi connectivity index (χ0n) is 16.9. The largest absolute Gasteiger partial charge is 0.367 e. The molecule has 2 aliphatic rings. The summed E-state index contributed by atoms with van der Waals surface area (Å²) >= 11 is 0. The second-order valence-electron chi connectivity index (χ2n) is 8.13. The van der Waals surface area contributed by atoms with E-state index in [9.17, 15) is 4.79 Å². The highest BCUT2D eigenvalue weighted by atomic mass is 16.1. The summed E-state index contributed by atoms with van der Waals surface area (Å²) < 4.78 is 0. The van der Waals surface area contributed by atoms with Crippen molar-refractivity contribution in [2.24, 2.45) is 5.92 Å². The fraction of sp³-hybridized carbons (Fsp3) is 0.545. The van der Waals surface area contributed by atoms with Gasteiger partial charge in [-0.15, -0.1) is 0 Å². The predicted molar refractivity (Wildman–Crippen MR) is 114 cm³/mol. The zero-order chi connectivity index (χ0) is 19.9. The first kappa shape index (κ1) is 19.6. The summed E-state index contributed by atoms with van der Waals surface area (Å²) in [6.45, 7) is 2.65. The lowest BCUT2D eigenvalue weighted by atomic mass is 9.93. The third-order valence-corrected chi connectivity index (χ3v) is 5.66. The molecular formula is C22H30N6O. The Bertz CT molecular complexity index is 795. The molecule has 0 spiro atoms. The number of aromatic nitrogens is 3. The first-order chi connectivity index (χ1) is 14.3. The number of hydrogen-bond acceptors (Lipinski definition) is 6. The molecule has 4 rings (SSSR count). The number of hydrogen-bond donors (Lipinski definition) is 2. The number of nitrogens with one attached hydrogen (secondary N) is 2. The summed E-state index contributed by atoms with van der Waals surface area (Å²) in [5.41, 5.74) is 1.15. The number of carbonyl (C=O) groups excluding carboxylic acids is 1. The van der Waals surface area contributed by atoms with Crippen molar-refractivity contribution in [3.8, 4) is 0 Å². The molecule has 0 unspecified atom stereocenters. The molecule has 7 heteroatoms. The Morgan fingerprint density at radius 2 is 2.17 bits per heavy atom. The second-order valence-corrected chi connectivity index (χ2v) is 8.13. The average Bonchev–Trinajstić information content (AvgIpc) is 3.57. The average molecular weight is 395 g/mol. The van der Waals surface area contributed by atoms with Crippen molar-refractivity contribution < 1.29 is 4.79 Å². The number of anilines is 2. The van der Waals surface area contributed by atoms with Gasteiger partial charge in [-0.25, -0.2) is 9.97 Å². The third-order valence-electron chi connectivity index (χ3n) is 5.66. The van der Waals surface area contributed by atoms with Gasteiger partial charge in [0, 0.05) is 50.6 Å². The molecule has 1 aliphatic heterocycles. The normalized spacial score (nSPS) is 19.0. The minimum absolute atomic E-state index is 0.143. The second kappa shape index (κ2) is 9.67. The van der Waals surface area contributed by atoms with Crippen molar-refractivity contribution >= 4 is 17.5 Å². The molecule has 3 heterocycles. The topological polar surface area (TPSA) is 83.0 Å². The quantitative estimate of drug-likeness (QED) is 0.681. The molecule has 1 atom stereocenters. The van der Waals surface area contributed by atoms with E-state index in [1.807, 2.05) is 18.3 Å². The van der Waals surface area contributed by atoms with Gasteiger partial charge in [-0.3, -0.25) is 9.78 Å². The molecular weight excluding hydrogens is 364 g/mol. The number of piperidine rings is 1. The number of nitrogens with zero attached hydrogens (tertiary/aromatic N) is 4. The van der Waals surface area contributed by atoms with Crippen LogP contribution >= 0.6 is 0 Å². The van der Waals surface area contributed by atoms with Crippen LogP contribution in [0, 0.1) is 5.92 Å². The van der Waals surface area contributed by atoms with Gasteiger partial charge in [-0.05, 0) is 56.1 Å². The molecule has 1 amide bonds. The Labute approximate surface area is 172 Å². The molecule has 2 aromatic rings. The maximum absolute atomic E-state index is 12.2. The van der Waals surface area contributed by atoms with E-state index in [1.165, 1.54) is 19.3 Å². The molecule has 1 aliphatic carbocycles. The summed E-state index contributed by atoms with van der Waals surface area (Å²) in [5.74, 6) is 2.59. The monoisotopic (exact) mass is 394 g/mol. The van der Waals surface area contributed by atoms with Crippen LogP contribution < -0.4 is 15.5 Å². The highest BCUT2D eigenvalue weighted by Gasteiger charge is 2.24. The van der Waals surface area contributed by atoms with Gasteiger partial charge in [-0.2, -0.15) is 0 Å². The number of rotatable bonds is 9. The van der Waals surface area contributed by atoms with E-state index in [0.29, 0.717) is 24.9 Å². The van der Waals surface area contributed by atoms with E-state index in [-0.39, 0.29) is 5.91 Å². The van der Waals surface area contributed by atoms with Gasteiger partial charge in [0.2, 0.25) is 5.91 Å². The van der Waals surface area contributed by atoms with Crippen LogP contribution in [-0.4, -0.2) is 46.5 Å². The van der Waals surface area contributed by atoms with Crippen LogP contribution in [0.25, 0.3) is 0 Å². The molecule has 7 nitrogen and oxygen atoms in total. The lowest BCUT2D eigenvalue weighted by molar-refractivity contribution is -0.121. The van der Waals surface area contributed by atoms with Crippen molar-refractivity contribution in [2.45, 2.75) is 51.0 Å². The first-order valence-electron chi connectivity index (χ1n) is 10.8. The number of pyridine rings is 1. The Hall–Kier alpha value is -2.70. The maximum atomic E-state index is 12.2. The Morgan fingerprint density at radius 3 is 3.00 bits per heavy atom. The summed E-state index contributed by atoms with van der Waals surface area (Å²) in [6.07, 6.45) is 12.4. The van der Waals surface area contributed by atoms with Crippen LogP contribution in [0.15, 0.2) is 36.9 Å². The van der Waals surface area contributed by atoms with E-state index in [0.717, 1.165) is 49.6 Å². The maximum Gasteiger partial charge on any atom is 0.220 e. The van der Waals surface area contributed by atoms with Gasteiger partial charge in [0.15, 0.2) is 0 Å². The fourth-order valence-electron chi connectivity index (χ4n) is 3.86. The molecule has 154 valence electrons. The molecule has 0 aromatic carbocycles. The third kappa shape index (κ3) is 6.14. The Balaban J connectivity index is 1.20. The van der Waals surface area contributed by atoms with Crippen molar-refractivity contribution in [3.63, 3.8) is 0 Å². The molecule has 2 fully saturated rings. The smallest absolute Gasteiger partial charge is 0.220 e. The van der Waals surface area contributed by atoms with Crippen molar-refractivity contribution in [1.82, 2.24) is 20.3 Å². The summed E-state index contributed by atoms with van der Waals surface area (Å²) in [4.78, 5) is 27.5. The predicted octanol–water partition coefficient (Wildman–Crippen LogP) is 2.80. The summed E-state index contributed by atoms with van der Waals surface area (Å²) in [5, 5.41) is 6.48. The molecule has 2 aromatic heterocycles. The van der Waals surface area contributed by atoms with E-state index in [1.54, 1.807) is 12.5 Å². The highest BCUT2D eigenvalue weighted by Crippen LogP contribution is 2.27. The molecule has 0 radical (unpaired) electrons. The van der Waals surface area contributed by atoms with Crippen molar-refractivity contribution in [1.29, 1.82) is 0 Å². The molecule has 1 saturated carbocycles. The SMILES string of the molecule is O=C(CC[C@H]1CCCN(c2cc(NC3CC3)ncn2)C1)NCCc1cccnc1. The summed E-state index contributed by atoms with van der Waals surface area (Å²) in [7, 11) is 0. The molecule has 0 bridgehead atoms. The van der Waals surface area contributed by atoms with E-state index in [4.69, 9.17) is 0 Å². The van der Waals surface area contributed by atoms with Gasteiger partial charge in [0.25, 0.3) is 0 Å². The number of carbonyl (C=O) groups is 1. The lowest BCUT2D eigenvalue weighted by Crippen LogP contribution is -2.36. The highest BCUT2D eigenvalue weighted by molar-refractivity contribution is 5.75. The van der Waals surface area contributed by atoms with E-state index >= 15 is 0 Å². The van der Waals surface area contributed by atoms with Gasteiger partial charge in [-0.1, -0.05) is 6.07 Å². The van der Waals surface area contributed by atoms with E-state index < -0.39 is 0 Å². The van der Waals surface area contributed by atoms with Crippen LogP contribution in [0.1, 0.15) is 44.1 Å². The molecule has 29 heavy (non-hydrogen) atoms. The minimum atomic E-state index is 0.143. The first-order valence-corrected chi connectivity index (χ1v) is 10.8. The van der Waals surface area contributed by atoms with Gasteiger partial charge >= 0.3 is 0 Å². The van der Waals surface area contributed by atoms with Crippen molar-refractivity contribution in [3.05, 3.63) is 42.5 Å². The Kier molecular flexibility index (Phi) is 6.54. The lowest BCUT2D eigenvalue weighted by Gasteiger charge is -2.33. The van der Waals surface area contributed by atoms with E-state index in [2.05, 4.69) is 36.6 Å². The van der Waals surface area contributed by atoms with Crippen LogP contribution in [0.2, 0.25) is 0 Å². The zero-order valence-corrected chi connectivity index (χ0v) is 16.9. The van der Waals surface area contributed by atoms with Gasteiger partial charge in [0.1, 0.15) is 18.0 Å². The van der Waals surface area contributed by atoms with Crippen LogP contribution in [0.3, 0.4) is 0 Å². The fourth-order valence-corrected chi connectivity index (χ4v) is 3.86. The van der Waals surface area contributed by atoms with Crippen LogP contribution in [0.4, 0.5) is 11.6 Å². The van der Waals surface area contributed by atoms with Gasteiger partial charge < -0.3 is 15.5 Å². The summed E-state index contributed by atoms with van der Waals surface area (Å²) in [6, 6.07) is 6.61. The number of amides is 1. The molecule has 1 saturated heterocycles. The van der Waals surface area contributed by atoms with Crippen LogP contribution in [-0.2, 0) is 11.2 Å². The van der Waals surface area contributed by atoms with Crippen molar-refractivity contribution in [2.75, 3.05) is 29.9 Å². The van der Waals surface area contributed by atoms with Gasteiger partial charge in [0.05, 0.1) is 0 Å². The standard InChI is InChI=1S/C22H30N6O/c29-22(24-11-9-17-3-1-10-23-14-17)8-5-18-4-2-12-28(15-18)21-13-20(25-16-26-21)27-19-6-7-19/h1,3,10,13-14,16,18-19H,2,4-9,11-12,15H2,(H,24,29)(H,25,26,27)/t18-/m1/s1.